The molecule has 7 heteroatoms. The molecule has 2 N–H and O–H groups in total. The Bertz CT molecular complexity index is 591. The number of ether oxygens (including phenoxy) is 2. The van der Waals surface area contributed by atoms with Crippen LogP contribution in [0.25, 0.3) is 0 Å². The number of nitrogens with one attached hydrogen (secondary N) is 1. The molecule has 2 aliphatic heterocycles. The first-order valence-corrected chi connectivity index (χ1v) is 6.98. The summed E-state index contributed by atoms with van der Waals surface area (Å²) < 4.78 is 10.7. The molecular formula is C14H14ClNO5. The number of carboxylic acid groups (broad SMARTS) is 1. The molecule has 2 aliphatic rings. The Kier molecular flexibility index (Phi) is 3.73. The average molecular weight is 312 g/mol. The number of benzene rings is 1. The molecule has 3 rings (SSSR count). The van der Waals surface area contributed by atoms with Gasteiger partial charge in [0.1, 0.15) is 11.7 Å². The third-order valence-electron chi connectivity index (χ3n) is 3.71. The number of carbonyl (C=O) groups is 2. The fourth-order valence-corrected chi connectivity index (χ4v) is 2.77. The molecule has 3 unspecified atom stereocenters. The summed E-state index contributed by atoms with van der Waals surface area (Å²) in [5.41, 5.74) is 0.875. The molecule has 1 aromatic rings. The molecule has 1 amide bonds. The van der Waals surface area contributed by atoms with Crippen molar-refractivity contribution in [1.82, 2.24) is 5.32 Å². The molecule has 0 radical (unpaired) electrons. The second-order valence-electron chi connectivity index (χ2n) is 5.16. The van der Waals surface area contributed by atoms with Gasteiger partial charge in [0.2, 0.25) is 0 Å². The highest BCUT2D eigenvalue weighted by Gasteiger charge is 2.38. The minimum absolute atomic E-state index is 0.113. The number of rotatable bonds is 3. The van der Waals surface area contributed by atoms with Crippen LogP contribution in [0.5, 0.6) is 5.75 Å². The molecular weight excluding hydrogens is 298 g/mol. The van der Waals surface area contributed by atoms with Crippen LogP contribution in [0.1, 0.15) is 5.56 Å². The first kappa shape index (κ1) is 14.2. The Morgan fingerprint density at radius 1 is 1.33 bits per heavy atom. The fraction of sp³-hybridized carbons (Fsp3) is 0.429. The van der Waals surface area contributed by atoms with Crippen molar-refractivity contribution >= 4 is 23.5 Å². The summed E-state index contributed by atoms with van der Waals surface area (Å²) >= 11 is 5.90. The molecule has 6 nitrogen and oxygen atoms in total. The van der Waals surface area contributed by atoms with Gasteiger partial charge in [-0.2, -0.15) is 0 Å². The lowest BCUT2D eigenvalue weighted by atomic mass is 10.0. The van der Waals surface area contributed by atoms with Crippen molar-refractivity contribution < 1.29 is 24.2 Å². The van der Waals surface area contributed by atoms with Crippen LogP contribution in [0, 0.1) is 5.92 Å². The van der Waals surface area contributed by atoms with E-state index >= 15 is 0 Å². The van der Waals surface area contributed by atoms with Gasteiger partial charge in [-0.15, -0.1) is 0 Å². The summed E-state index contributed by atoms with van der Waals surface area (Å²) in [5.74, 6) is -1.38. The Balaban J connectivity index is 1.64. The van der Waals surface area contributed by atoms with Crippen molar-refractivity contribution in [2.24, 2.45) is 5.92 Å². The maximum Gasteiger partial charge on any atom is 0.311 e. The van der Waals surface area contributed by atoms with E-state index in [0.29, 0.717) is 17.2 Å². The molecule has 112 valence electrons. The van der Waals surface area contributed by atoms with Crippen LogP contribution in [-0.4, -0.2) is 42.3 Å². The molecule has 0 aliphatic carbocycles. The molecule has 0 aromatic heterocycles. The van der Waals surface area contributed by atoms with Gasteiger partial charge in [0, 0.05) is 11.4 Å². The predicted octanol–water partition coefficient (Wildman–Crippen LogP) is 0.859. The van der Waals surface area contributed by atoms with Crippen LogP contribution >= 0.6 is 11.6 Å². The Morgan fingerprint density at radius 3 is 2.90 bits per heavy atom. The van der Waals surface area contributed by atoms with Crippen molar-refractivity contribution in [3.05, 3.63) is 28.8 Å². The quantitative estimate of drug-likeness (QED) is 0.865. The monoisotopic (exact) mass is 311 g/mol. The van der Waals surface area contributed by atoms with Crippen LogP contribution in [0.2, 0.25) is 5.02 Å². The molecule has 0 saturated carbocycles. The smallest absolute Gasteiger partial charge is 0.311 e. The molecule has 21 heavy (non-hydrogen) atoms. The van der Waals surface area contributed by atoms with E-state index < -0.39 is 24.0 Å². The van der Waals surface area contributed by atoms with E-state index in [2.05, 4.69) is 5.32 Å². The molecule has 1 aromatic carbocycles. The Hall–Kier alpha value is -1.79. The zero-order valence-corrected chi connectivity index (χ0v) is 11.8. The van der Waals surface area contributed by atoms with Crippen LogP contribution in [0.3, 0.4) is 0 Å². The van der Waals surface area contributed by atoms with Gasteiger partial charge in [-0.25, -0.2) is 0 Å². The second kappa shape index (κ2) is 5.54. The minimum Gasteiger partial charge on any atom is -0.481 e. The molecule has 2 heterocycles. The highest BCUT2D eigenvalue weighted by atomic mass is 35.5. The number of carbonyl (C=O) groups excluding carboxylic acids is 1. The number of hydrogen-bond acceptors (Lipinski definition) is 4. The largest absolute Gasteiger partial charge is 0.481 e. The van der Waals surface area contributed by atoms with Crippen LogP contribution < -0.4 is 10.1 Å². The van der Waals surface area contributed by atoms with Gasteiger partial charge >= 0.3 is 5.97 Å². The van der Waals surface area contributed by atoms with Gasteiger partial charge in [-0.05, 0) is 23.8 Å². The zero-order valence-electron chi connectivity index (χ0n) is 11.0. The molecule has 3 atom stereocenters. The standard InChI is InChI=1S/C14H14ClNO5/c15-8-1-2-11-7(3-8)4-12(21-11)13(17)16-10-6-20-5-9(10)14(18)19/h1-3,9-10,12H,4-6H2,(H,16,17)(H,18,19). The topological polar surface area (TPSA) is 84.9 Å². The van der Waals surface area contributed by atoms with E-state index in [1.54, 1.807) is 18.2 Å². The highest BCUT2D eigenvalue weighted by molar-refractivity contribution is 6.30. The van der Waals surface area contributed by atoms with Crippen molar-refractivity contribution in [3.8, 4) is 5.75 Å². The fourth-order valence-electron chi connectivity index (χ4n) is 2.58. The van der Waals surface area contributed by atoms with E-state index in [1.807, 2.05) is 0 Å². The Labute approximate surface area is 126 Å². The normalized spacial score (nSPS) is 27.0. The summed E-state index contributed by atoms with van der Waals surface area (Å²) in [6.45, 7) is 0.315. The third kappa shape index (κ3) is 2.82. The first-order chi connectivity index (χ1) is 10.0. The van der Waals surface area contributed by atoms with E-state index in [0.717, 1.165) is 5.56 Å². The number of fused-ring (bicyclic) bond motifs is 1. The lowest BCUT2D eigenvalue weighted by Crippen LogP contribution is -2.47. The number of halogens is 1. The number of aliphatic carboxylic acids is 1. The van der Waals surface area contributed by atoms with Crippen molar-refractivity contribution in [2.75, 3.05) is 13.2 Å². The Morgan fingerprint density at radius 2 is 2.14 bits per heavy atom. The van der Waals surface area contributed by atoms with Gasteiger partial charge in [0.25, 0.3) is 5.91 Å². The highest BCUT2D eigenvalue weighted by Crippen LogP contribution is 2.31. The average Bonchev–Trinajstić information content (AvgIpc) is 3.04. The van der Waals surface area contributed by atoms with E-state index in [1.165, 1.54) is 0 Å². The van der Waals surface area contributed by atoms with Gasteiger partial charge in [0.05, 0.1) is 19.3 Å². The lowest BCUT2D eigenvalue weighted by Gasteiger charge is -2.18. The van der Waals surface area contributed by atoms with Gasteiger partial charge in [-0.3, -0.25) is 9.59 Å². The zero-order chi connectivity index (χ0) is 15.0. The summed E-state index contributed by atoms with van der Waals surface area (Å²) in [5, 5.41) is 12.3. The molecule has 0 spiro atoms. The number of hydrogen-bond donors (Lipinski definition) is 2. The maximum absolute atomic E-state index is 12.2. The number of amides is 1. The van der Waals surface area contributed by atoms with Crippen LogP contribution in [0.15, 0.2) is 18.2 Å². The van der Waals surface area contributed by atoms with Crippen LogP contribution in [-0.2, 0) is 20.7 Å². The van der Waals surface area contributed by atoms with E-state index in [-0.39, 0.29) is 19.1 Å². The molecule has 0 bridgehead atoms. The second-order valence-corrected chi connectivity index (χ2v) is 5.60. The van der Waals surface area contributed by atoms with Crippen molar-refractivity contribution in [2.45, 2.75) is 18.6 Å². The van der Waals surface area contributed by atoms with Gasteiger partial charge in [-0.1, -0.05) is 11.6 Å². The predicted molar refractivity (Wildman–Crippen MR) is 73.4 cm³/mol. The maximum atomic E-state index is 12.2. The summed E-state index contributed by atoms with van der Waals surface area (Å²) in [4.78, 5) is 23.3. The van der Waals surface area contributed by atoms with Crippen LogP contribution in [0.4, 0.5) is 0 Å². The number of carboxylic acids is 1. The SMILES string of the molecule is O=C(NC1COCC1C(=O)O)C1Cc2cc(Cl)ccc2O1. The minimum atomic E-state index is -0.972. The van der Waals surface area contributed by atoms with Crippen molar-refractivity contribution in [3.63, 3.8) is 0 Å². The van der Waals surface area contributed by atoms with Crippen molar-refractivity contribution in [1.29, 1.82) is 0 Å². The third-order valence-corrected chi connectivity index (χ3v) is 3.95. The molecule has 1 saturated heterocycles. The van der Waals surface area contributed by atoms with Gasteiger partial charge < -0.3 is 19.9 Å². The van der Waals surface area contributed by atoms with E-state index in [9.17, 15) is 9.59 Å². The summed E-state index contributed by atoms with van der Waals surface area (Å²) in [6.07, 6.45) is -0.235. The van der Waals surface area contributed by atoms with Gasteiger partial charge in [0.15, 0.2) is 6.10 Å². The first-order valence-electron chi connectivity index (χ1n) is 6.60. The summed E-state index contributed by atoms with van der Waals surface area (Å²) in [7, 11) is 0. The molecule has 1 fully saturated rings. The summed E-state index contributed by atoms with van der Waals surface area (Å²) in [6, 6.07) is 4.67. The lowest BCUT2D eigenvalue weighted by molar-refractivity contribution is -0.142. The van der Waals surface area contributed by atoms with E-state index in [4.69, 9.17) is 26.2 Å².